The maximum Gasteiger partial charge on any atom is 0.167 e. The summed E-state index contributed by atoms with van der Waals surface area (Å²) in [4.78, 5) is 0. The van der Waals surface area contributed by atoms with Crippen LogP contribution in [-0.4, -0.2) is 12.6 Å². The number of nitrogens with two attached hydrogens (primary N) is 1. The first kappa shape index (κ1) is 13.3. The average molecular weight is 255 g/mol. The first-order chi connectivity index (χ1) is 8.66. The molecule has 18 heavy (non-hydrogen) atoms. The van der Waals surface area contributed by atoms with Crippen molar-refractivity contribution in [1.29, 1.82) is 0 Å². The lowest BCUT2D eigenvalue weighted by Gasteiger charge is -2.27. The van der Waals surface area contributed by atoms with Gasteiger partial charge < -0.3 is 10.5 Å². The zero-order valence-corrected chi connectivity index (χ0v) is 10.4. The Morgan fingerprint density at radius 2 is 1.94 bits per heavy atom. The molecule has 0 bridgehead atoms. The number of rotatable bonds is 4. The van der Waals surface area contributed by atoms with Gasteiger partial charge in [0.2, 0.25) is 0 Å². The molecule has 1 fully saturated rings. The van der Waals surface area contributed by atoms with E-state index in [-0.39, 0.29) is 18.4 Å². The summed E-state index contributed by atoms with van der Waals surface area (Å²) in [6, 6.07) is 3.24. The van der Waals surface area contributed by atoms with Crippen molar-refractivity contribution in [2.24, 2.45) is 11.7 Å². The molecule has 0 radical (unpaired) electrons. The van der Waals surface area contributed by atoms with Crippen LogP contribution in [0.1, 0.15) is 32.1 Å². The summed E-state index contributed by atoms with van der Waals surface area (Å²) < 4.78 is 31.4. The minimum Gasteiger partial charge on any atom is -0.489 e. The highest BCUT2D eigenvalue weighted by atomic mass is 19.1. The van der Waals surface area contributed by atoms with Gasteiger partial charge >= 0.3 is 0 Å². The lowest BCUT2D eigenvalue weighted by Crippen LogP contribution is -2.37. The van der Waals surface area contributed by atoms with Crippen molar-refractivity contribution in [2.45, 2.75) is 38.1 Å². The average Bonchev–Trinajstić information content (AvgIpc) is 2.38. The second-order valence-electron chi connectivity index (χ2n) is 4.95. The van der Waals surface area contributed by atoms with Gasteiger partial charge in [-0.1, -0.05) is 19.3 Å². The third kappa shape index (κ3) is 3.42. The van der Waals surface area contributed by atoms with E-state index in [2.05, 4.69) is 0 Å². The highest BCUT2D eigenvalue weighted by molar-refractivity contribution is 5.24. The van der Waals surface area contributed by atoms with Gasteiger partial charge in [-0.3, -0.25) is 0 Å². The van der Waals surface area contributed by atoms with E-state index in [1.807, 2.05) is 0 Å². The van der Waals surface area contributed by atoms with Crippen LogP contribution in [0.15, 0.2) is 18.2 Å². The molecule has 2 rings (SSSR count). The SMILES string of the molecule is NC(COc1ccc(F)cc1F)C1CCCCC1. The molecule has 2 N–H and O–H groups in total. The smallest absolute Gasteiger partial charge is 0.167 e. The molecule has 1 saturated carbocycles. The van der Waals surface area contributed by atoms with Crippen molar-refractivity contribution in [3.63, 3.8) is 0 Å². The van der Waals surface area contributed by atoms with Crippen LogP contribution in [0.2, 0.25) is 0 Å². The molecule has 1 aliphatic carbocycles. The predicted octanol–water partition coefficient (Wildman–Crippen LogP) is 3.25. The number of ether oxygens (including phenoxy) is 1. The quantitative estimate of drug-likeness (QED) is 0.896. The summed E-state index contributed by atoms with van der Waals surface area (Å²) in [6.07, 6.45) is 5.94. The van der Waals surface area contributed by atoms with Crippen LogP contribution >= 0.6 is 0 Å². The fourth-order valence-electron chi connectivity index (χ4n) is 2.48. The molecule has 1 aliphatic rings. The lowest BCUT2D eigenvalue weighted by molar-refractivity contribution is 0.208. The molecule has 1 atom stereocenters. The maximum atomic E-state index is 13.3. The molecule has 1 aromatic carbocycles. The van der Waals surface area contributed by atoms with Gasteiger partial charge in [0.1, 0.15) is 12.4 Å². The maximum absolute atomic E-state index is 13.3. The van der Waals surface area contributed by atoms with Crippen LogP contribution in [0, 0.1) is 17.6 Å². The molecule has 0 aromatic heterocycles. The van der Waals surface area contributed by atoms with E-state index < -0.39 is 11.6 Å². The highest BCUT2D eigenvalue weighted by Crippen LogP contribution is 2.26. The third-order valence-electron chi connectivity index (χ3n) is 3.58. The van der Waals surface area contributed by atoms with Crippen LogP contribution in [0.5, 0.6) is 5.75 Å². The van der Waals surface area contributed by atoms with Crippen molar-refractivity contribution in [1.82, 2.24) is 0 Å². The Labute approximate surface area is 106 Å². The number of hydrogen-bond acceptors (Lipinski definition) is 2. The third-order valence-corrected chi connectivity index (χ3v) is 3.58. The lowest BCUT2D eigenvalue weighted by atomic mass is 9.84. The highest BCUT2D eigenvalue weighted by Gasteiger charge is 2.21. The fourth-order valence-corrected chi connectivity index (χ4v) is 2.48. The van der Waals surface area contributed by atoms with Gasteiger partial charge in [0.25, 0.3) is 0 Å². The summed E-state index contributed by atoms with van der Waals surface area (Å²) in [7, 11) is 0. The molecule has 1 aromatic rings. The van der Waals surface area contributed by atoms with Crippen LogP contribution in [-0.2, 0) is 0 Å². The molecule has 0 amide bonds. The number of halogens is 2. The van der Waals surface area contributed by atoms with Gasteiger partial charge in [0.15, 0.2) is 11.6 Å². The van der Waals surface area contributed by atoms with Crippen molar-refractivity contribution >= 4 is 0 Å². The first-order valence-corrected chi connectivity index (χ1v) is 6.50. The van der Waals surface area contributed by atoms with E-state index in [9.17, 15) is 8.78 Å². The van der Waals surface area contributed by atoms with Gasteiger partial charge in [-0.25, -0.2) is 8.78 Å². The minimum atomic E-state index is -0.675. The molecule has 4 heteroatoms. The Kier molecular flexibility index (Phi) is 4.53. The number of benzene rings is 1. The Morgan fingerprint density at radius 3 is 2.61 bits per heavy atom. The summed E-state index contributed by atoms with van der Waals surface area (Å²) >= 11 is 0. The van der Waals surface area contributed by atoms with Crippen molar-refractivity contribution in [2.75, 3.05) is 6.61 Å². The standard InChI is InChI=1S/C14H19F2NO/c15-11-6-7-14(12(16)8-11)18-9-13(17)10-4-2-1-3-5-10/h6-8,10,13H,1-5,9,17H2. The molecule has 0 aliphatic heterocycles. The minimum absolute atomic E-state index is 0.0719. The van der Waals surface area contributed by atoms with E-state index in [1.54, 1.807) is 0 Å². The van der Waals surface area contributed by atoms with Gasteiger partial charge in [-0.05, 0) is 30.9 Å². The zero-order chi connectivity index (χ0) is 13.0. The van der Waals surface area contributed by atoms with E-state index in [0.717, 1.165) is 18.9 Å². The Bertz CT molecular complexity index is 391. The zero-order valence-electron chi connectivity index (χ0n) is 10.4. The molecule has 0 spiro atoms. The van der Waals surface area contributed by atoms with E-state index in [0.29, 0.717) is 5.92 Å². The van der Waals surface area contributed by atoms with Gasteiger partial charge in [-0.15, -0.1) is 0 Å². The van der Waals surface area contributed by atoms with Gasteiger partial charge in [0, 0.05) is 12.1 Å². The van der Waals surface area contributed by atoms with Crippen LogP contribution in [0.25, 0.3) is 0 Å². The van der Waals surface area contributed by atoms with E-state index in [1.165, 1.54) is 31.4 Å². The molecule has 100 valence electrons. The Hall–Kier alpha value is -1.16. The normalized spacial score (nSPS) is 18.6. The summed E-state index contributed by atoms with van der Waals surface area (Å²) in [5.41, 5.74) is 6.05. The molecular weight excluding hydrogens is 236 g/mol. The summed E-state index contributed by atoms with van der Waals surface area (Å²) in [5.74, 6) is -0.743. The monoisotopic (exact) mass is 255 g/mol. The van der Waals surface area contributed by atoms with Gasteiger partial charge in [-0.2, -0.15) is 0 Å². The molecular formula is C14H19F2NO. The molecule has 0 saturated heterocycles. The fraction of sp³-hybridized carbons (Fsp3) is 0.571. The largest absolute Gasteiger partial charge is 0.489 e. The molecule has 2 nitrogen and oxygen atoms in total. The Morgan fingerprint density at radius 1 is 1.22 bits per heavy atom. The van der Waals surface area contributed by atoms with E-state index >= 15 is 0 Å². The van der Waals surface area contributed by atoms with Crippen molar-refractivity contribution in [3.8, 4) is 5.75 Å². The van der Waals surface area contributed by atoms with Crippen LogP contribution in [0.4, 0.5) is 8.78 Å². The second kappa shape index (κ2) is 6.14. The van der Waals surface area contributed by atoms with Gasteiger partial charge in [0.05, 0.1) is 0 Å². The van der Waals surface area contributed by atoms with Crippen LogP contribution < -0.4 is 10.5 Å². The van der Waals surface area contributed by atoms with Crippen molar-refractivity contribution < 1.29 is 13.5 Å². The number of hydrogen-bond donors (Lipinski definition) is 1. The van der Waals surface area contributed by atoms with E-state index in [4.69, 9.17) is 10.5 Å². The molecule has 0 heterocycles. The van der Waals surface area contributed by atoms with Crippen LogP contribution in [0.3, 0.4) is 0 Å². The Balaban J connectivity index is 1.86. The molecule has 1 unspecified atom stereocenters. The predicted molar refractivity (Wildman–Crippen MR) is 66.4 cm³/mol. The summed E-state index contributed by atoms with van der Waals surface area (Å²) in [5, 5.41) is 0. The first-order valence-electron chi connectivity index (χ1n) is 6.50. The summed E-state index contributed by atoms with van der Waals surface area (Å²) in [6.45, 7) is 0.285. The van der Waals surface area contributed by atoms with Crippen molar-refractivity contribution in [3.05, 3.63) is 29.8 Å². The topological polar surface area (TPSA) is 35.2 Å². The second-order valence-corrected chi connectivity index (χ2v) is 4.95.